The van der Waals surface area contributed by atoms with Crippen LogP contribution in [0.5, 0.6) is 0 Å². The van der Waals surface area contributed by atoms with Crippen LogP contribution in [0.25, 0.3) is 11.4 Å². The average molecular weight is 894 g/mol. The SMILES string of the molecule is C[C@@H]1CN(C(=O)c2ccccc2)CCN1.C[C@@H]1CN(C(=O)c2ccccc2)CCN1S(=O)(=O)c1ccc(-n2cccn2)cc1.Cl.O=S(=O)(Cl)c1ccc(-n2cccn2)cc1. The molecular formula is C42H46Cl2N8O6S2. The predicted octanol–water partition coefficient (Wildman–Crippen LogP) is 5.75. The van der Waals surface area contributed by atoms with Crippen molar-refractivity contribution in [3.05, 3.63) is 157 Å². The van der Waals surface area contributed by atoms with E-state index in [0.717, 1.165) is 36.6 Å². The van der Waals surface area contributed by atoms with Crippen LogP contribution < -0.4 is 5.32 Å². The van der Waals surface area contributed by atoms with E-state index in [2.05, 4.69) is 22.4 Å². The minimum Gasteiger partial charge on any atom is -0.336 e. The molecule has 60 heavy (non-hydrogen) atoms. The maximum atomic E-state index is 13.1. The summed E-state index contributed by atoms with van der Waals surface area (Å²) in [5.74, 6) is 0.0713. The normalized spacial score (nSPS) is 16.9. The highest BCUT2D eigenvalue weighted by atomic mass is 35.7. The summed E-state index contributed by atoms with van der Waals surface area (Å²) in [5.41, 5.74) is 2.97. The number of carbonyl (C=O) groups excluding carboxylic acids is 2. The van der Waals surface area contributed by atoms with Gasteiger partial charge in [-0.1, -0.05) is 36.4 Å². The molecule has 2 aliphatic rings. The number of halogens is 2. The highest BCUT2D eigenvalue weighted by Gasteiger charge is 2.35. The van der Waals surface area contributed by atoms with Gasteiger partial charge in [0.1, 0.15) is 0 Å². The van der Waals surface area contributed by atoms with Crippen LogP contribution in [0.2, 0.25) is 0 Å². The van der Waals surface area contributed by atoms with E-state index in [-0.39, 0.29) is 46.6 Å². The van der Waals surface area contributed by atoms with Gasteiger partial charge in [-0.3, -0.25) is 9.59 Å². The average Bonchev–Trinajstić information content (AvgIpc) is 4.01. The number of rotatable bonds is 7. The number of amides is 2. The molecule has 2 atom stereocenters. The lowest BCUT2D eigenvalue weighted by Gasteiger charge is -2.39. The van der Waals surface area contributed by atoms with Crippen LogP contribution in [0, 0.1) is 0 Å². The summed E-state index contributed by atoms with van der Waals surface area (Å²) in [6, 6.07) is 35.0. The van der Waals surface area contributed by atoms with Gasteiger partial charge in [-0.2, -0.15) is 14.5 Å². The van der Waals surface area contributed by atoms with Crippen molar-refractivity contribution in [1.82, 2.24) is 39.0 Å². The third-order valence-corrected chi connectivity index (χ3v) is 13.0. The van der Waals surface area contributed by atoms with Crippen molar-refractivity contribution >= 4 is 54.0 Å². The van der Waals surface area contributed by atoms with Gasteiger partial charge in [-0.05, 0) is 98.8 Å². The van der Waals surface area contributed by atoms with Crippen LogP contribution in [-0.4, -0.2) is 114 Å². The van der Waals surface area contributed by atoms with Crippen molar-refractivity contribution in [3.63, 3.8) is 0 Å². The second-order valence-corrected chi connectivity index (χ2v) is 18.3. The lowest BCUT2D eigenvalue weighted by molar-refractivity contribution is 0.0641. The van der Waals surface area contributed by atoms with E-state index in [0.29, 0.717) is 24.7 Å². The van der Waals surface area contributed by atoms with Gasteiger partial charge < -0.3 is 15.1 Å². The number of benzene rings is 4. The Morgan fingerprint density at radius 1 is 0.617 bits per heavy atom. The number of hydrogen-bond donors (Lipinski definition) is 1. The molecule has 0 spiro atoms. The van der Waals surface area contributed by atoms with Gasteiger partial charge in [0, 0.05) is 97.9 Å². The minimum absolute atomic E-state index is 0. The van der Waals surface area contributed by atoms with Gasteiger partial charge >= 0.3 is 0 Å². The van der Waals surface area contributed by atoms with E-state index in [9.17, 15) is 26.4 Å². The first kappa shape index (κ1) is 45.7. The number of carbonyl (C=O) groups is 2. The van der Waals surface area contributed by atoms with E-state index >= 15 is 0 Å². The third-order valence-electron chi connectivity index (χ3n) is 9.65. The highest BCUT2D eigenvalue weighted by Crippen LogP contribution is 2.24. The number of hydrogen-bond acceptors (Lipinski definition) is 9. The van der Waals surface area contributed by atoms with Crippen LogP contribution in [0.15, 0.2) is 156 Å². The van der Waals surface area contributed by atoms with Gasteiger partial charge in [-0.25, -0.2) is 26.2 Å². The van der Waals surface area contributed by atoms with Crippen molar-refractivity contribution in [2.75, 3.05) is 39.3 Å². The molecule has 0 bridgehead atoms. The van der Waals surface area contributed by atoms with Gasteiger partial charge in [0.15, 0.2) is 0 Å². The lowest BCUT2D eigenvalue weighted by Crippen LogP contribution is -2.55. The smallest absolute Gasteiger partial charge is 0.261 e. The Kier molecular flexibility index (Phi) is 15.8. The number of nitrogens with one attached hydrogen (secondary N) is 1. The fourth-order valence-corrected chi connectivity index (χ4v) is 9.02. The van der Waals surface area contributed by atoms with Crippen LogP contribution in [0.4, 0.5) is 0 Å². The predicted molar refractivity (Wildman–Crippen MR) is 233 cm³/mol. The van der Waals surface area contributed by atoms with E-state index in [1.807, 2.05) is 66.4 Å². The third kappa shape index (κ3) is 11.7. The minimum atomic E-state index is -3.65. The Labute approximate surface area is 361 Å². The Morgan fingerprint density at radius 2 is 1.08 bits per heavy atom. The lowest BCUT2D eigenvalue weighted by atomic mass is 10.1. The molecule has 2 aromatic heterocycles. The van der Waals surface area contributed by atoms with Crippen molar-refractivity contribution < 1.29 is 26.4 Å². The zero-order valence-corrected chi connectivity index (χ0v) is 36.1. The first-order valence-electron chi connectivity index (χ1n) is 18.9. The number of aromatic nitrogens is 4. The monoisotopic (exact) mass is 892 g/mol. The molecule has 14 nitrogen and oxygen atoms in total. The molecule has 2 fully saturated rings. The molecule has 8 rings (SSSR count). The van der Waals surface area contributed by atoms with E-state index in [4.69, 9.17) is 10.7 Å². The molecule has 4 heterocycles. The molecule has 2 amide bonds. The maximum absolute atomic E-state index is 13.1. The molecule has 0 saturated carbocycles. The number of nitrogens with zero attached hydrogens (tertiary/aromatic N) is 7. The molecule has 0 unspecified atom stereocenters. The highest BCUT2D eigenvalue weighted by molar-refractivity contribution is 8.13. The second-order valence-electron chi connectivity index (χ2n) is 13.9. The summed E-state index contributed by atoms with van der Waals surface area (Å²) in [4.78, 5) is 28.7. The zero-order chi connectivity index (χ0) is 42.0. The van der Waals surface area contributed by atoms with Gasteiger partial charge in [0.25, 0.3) is 20.9 Å². The van der Waals surface area contributed by atoms with Crippen molar-refractivity contribution in [2.45, 2.75) is 35.7 Å². The Bertz CT molecular complexity index is 2500. The van der Waals surface area contributed by atoms with E-state index in [1.54, 1.807) is 93.6 Å². The summed E-state index contributed by atoms with van der Waals surface area (Å²) >= 11 is 0. The molecule has 2 aliphatic heterocycles. The fourth-order valence-electron chi connectivity index (χ4n) is 6.64. The summed E-state index contributed by atoms with van der Waals surface area (Å²) in [7, 11) is -2.11. The largest absolute Gasteiger partial charge is 0.336 e. The maximum Gasteiger partial charge on any atom is 0.261 e. The van der Waals surface area contributed by atoms with Crippen molar-refractivity contribution in [1.29, 1.82) is 0 Å². The fraction of sp³-hybridized carbons (Fsp3) is 0.238. The standard InChI is InChI=1S/C21H22N4O3S.C12H16N2O.C9H7ClN2O2S.ClH/c1-17-16-23(21(26)18-6-3-2-4-7-18)14-15-25(17)29(27,28)20-10-8-19(9-11-20)24-13-5-12-22-24;1-10-9-14(8-7-13-10)12(15)11-5-3-2-4-6-11;10-15(13,14)9-4-2-8(3-5-9)12-7-1-6-11-12;/h2-13,17H,14-16H2,1H3;2-6,10,13H,7-9H2,1H3;1-7H;1H/t17-;10-;;/m11../s1. The summed E-state index contributed by atoms with van der Waals surface area (Å²) in [6.07, 6.45) is 6.88. The van der Waals surface area contributed by atoms with Crippen molar-refractivity contribution in [2.24, 2.45) is 0 Å². The zero-order valence-electron chi connectivity index (χ0n) is 32.9. The van der Waals surface area contributed by atoms with Crippen LogP contribution in [-0.2, 0) is 19.1 Å². The van der Waals surface area contributed by atoms with Gasteiger partial charge in [-0.15, -0.1) is 12.4 Å². The number of piperazine rings is 2. The van der Waals surface area contributed by atoms with E-state index in [1.165, 1.54) is 16.4 Å². The molecule has 0 radical (unpaired) electrons. The van der Waals surface area contributed by atoms with Crippen LogP contribution in [0.1, 0.15) is 34.6 Å². The summed E-state index contributed by atoms with van der Waals surface area (Å²) < 4.78 is 53.0. The Morgan fingerprint density at radius 3 is 1.50 bits per heavy atom. The summed E-state index contributed by atoms with van der Waals surface area (Å²) in [5, 5.41) is 11.5. The molecule has 316 valence electrons. The molecular weight excluding hydrogens is 848 g/mol. The van der Waals surface area contributed by atoms with Crippen LogP contribution >= 0.6 is 23.1 Å². The van der Waals surface area contributed by atoms with Gasteiger partial charge in [0.05, 0.1) is 21.2 Å². The molecule has 18 heteroatoms. The topological polar surface area (TPSA) is 160 Å². The molecule has 6 aromatic rings. The quantitative estimate of drug-likeness (QED) is 0.197. The first-order valence-corrected chi connectivity index (χ1v) is 22.6. The van der Waals surface area contributed by atoms with Crippen LogP contribution in [0.3, 0.4) is 0 Å². The van der Waals surface area contributed by atoms with Crippen molar-refractivity contribution in [3.8, 4) is 11.4 Å². The second kappa shape index (κ2) is 20.7. The molecule has 1 N–H and O–H groups in total. The molecule has 4 aromatic carbocycles. The van der Waals surface area contributed by atoms with Gasteiger partial charge in [0.2, 0.25) is 10.0 Å². The molecule has 2 saturated heterocycles. The molecule has 0 aliphatic carbocycles. The summed E-state index contributed by atoms with van der Waals surface area (Å²) in [6.45, 7) is 7.42. The van der Waals surface area contributed by atoms with E-state index < -0.39 is 19.1 Å². The number of sulfonamides is 1. The Balaban J connectivity index is 0.000000186. The Hall–Kier alpha value is -5.36. The first-order chi connectivity index (χ1) is 28.3.